The first kappa shape index (κ1) is 17.3. The van der Waals surface area contributed by atoms with Crippen molar-refractivity contribution in [3.05, 3.63) is 30.3 Å². The van der Waals surface area contributed by atoms with E-state index in [0.29, 0.717) is 32.1 Å². The van der Waals surface area contributed by atoms with Gasteiger partial charge >= 0.3 is 0 Å². The van der Waals surface area contributed by atoms with E-state index in [1.165, 1.54) is 0 Å². The maximum absolute atomic E-state index is 12.6. The number of rotatable bonds is 6. The molecule has 6 nitrogen and oxygen atoms in total. The molecule has 0 unspecified atom stereocenters. The SMILES string of the molecule is CC(C)[C@H](NC(=O)COc1ccccc1)C(=O)N1CCOCC1. The van der Waals surface area contributed by atoms with Crippen LogP contribution in [0.4, 0.5) is 0 Å². The van der Waals surface area contributed by atoms with Crippen molar-refractivity contribution >= 4 is 11.8 Å². The van der Waals surface area contributed by atoms with Crippen LogP contribution in [0.2, 0.25) is 0 Å². The van der Waals surface area contributed by atoms with Crippen LogP contribution in [-0.2, 0) is 14.3 Å². The third-order valence-electron chi connectivity index (χ3n) is 3.69. The Balaban J connectivity index is 1.87. The lowest BCUT2D eigenvalue weighted by molar-refractivity contribution is -0.141. The molecule has 0 aliphatic carbocycles. The fourth-order valence-corrected chi connectivity index (χ4v) is 2.37. The lowest BCUT2D eigenvalue weighted by Gasteiger charge is -2.32. The molecule has 2 rings (SSSR count). The molecule has 126 valence electrons. The first-order valence-corrected chi connectivity index (χ1v) is 7.91. The maximum Gasteiger partial charge on any atom is 0.258 e. The Bertz CT molecular complexity index is 513. The molecule has 1 saturated heterocycles. The number of carbonyl (C=O) groups is 2. The van der Waals surface area contributed by atoms with Gasteiger partial charge in [-0.2, -0.15) is 0 Å². The fraction of sp³-hybridized carbons (Fsp3) is 0.529. The van der Waals surface area contributed by atoms with Gasteiger partial charge in [-0.25, -0.2) is 0 Å². The summed E-state index contributed by atoms with van der Waals surface area (Å²) in [5.41, 5.74) is 0. The Morgan fingerprint density at radius 3 is 2.48 bits per heavy atom. The Labute approximate surface area is 136 Å². The van der Waals surface area contributed by atoms with Crippen LogP contribution in [-0.4, -0.2) is 55.7 Å². The fourth-order valence-electron chi connectivity index (χ4n) is 2.37. The van der Waals surface area contributed by atoms with Crippen LogP contribution < -0.4 is 10.1 Å². The lowest BCUT2D eigenvalue weighted by atomic mass is 10.0. The molecule has 1 N–H and O–H groups in total. The quantitative estimate of drug-likeness (QED) is 0.851. The summed E-state index contributed by atoms with van der Waals surface area (Å²) >= 11 is 0. The molecule has 0 bridgehead atoms. The summed E-state index contributed by atoms with van der Waals surface area (Å²) in [5.74, 6) is 0.278. The zero-order chi connectivity index (χ0) is 16.7. The zero-order valence-corrected chi connectivity index (χ0v) is 13.7. The Hall–Kier alpha value is -2.08. The summed E-state index contributed by atoms with van der Waals surface area (Å²) in [6.07, 6.45) is 0. The number of hydrogen-bond acceptors (Lipinski definition) is 4. The highest BCUT2D eigenvalue weighted by atomic mass is 16.5. The number of para-hydroxylation sites is 1. The van der Waals surface area contributed by atoms with E-state index in [9.17, 15) is 9.59 Å². The second kappa shape index (κ2) is 8.53. The molecule has 2 amide bonds. The molecular weight excluding hydrogens is 296 g/mol. The van der Waals surface area contributed by atoms with Gasteiger partial charge in [-0.3, -0.25) is 9.59 Å². The molecule has 1 aliphatic rings. The maximum atomic E-state index is 12.6. The molecule has 0 aromatic heterocycles. The first-order chi connectivity index (χ1) is 11.1. The second-order valence-electron chi connectivity index (χ2n) is 5.83. The topological polar surface area (TPSA) is 67.9 Å². The third kappa shape index (κ3) is 5.25. The Morgan fingerprint density at radius 2 is 1.87 bits per heavy atom. The molecule has 1 atom stereocenters. The predicted molar refractivity (Wildman–Crippen MR) is 86.1 cm³/mol. The van der Waals surface area contributed by atoms with Crippen molar-refractivity contribution < 1.29 is 19.1 Å². The molecule has 23 heavy (non-hydrogen) atoms. The van der Waals surface area contributed by atoms with Gasteiger partial charge in [0.25, 0.3) is 5.91 Å². The second-order valence-corrected chi connectivity index (χ2v) is 5.83. The summed E-state index contributed by atoms with van der Waals surface area (Å²) in [6, 6.07) is 8.58. The van der Waals surface area contributed by atoms with E-state index in [2.05, 4.69) is 5.32 Å². The smallest absolute Gasteiger partial charge is 0.258 e. The van der Waals surface area contributed by atoms with E-state index in [0.717, 1.165) is 0 Å². The van der Waals surface area contributed by atoms with Gasteiger partial charge in [0.2, 0.25) is 5.91 Å². The van der Waals surface area contributed by atoms with Gasteiger partial charge in [-0.15, -0.1) is 0 Å². The average Bonchev–Trinajstić information content (AvgIpc) is 2.58. The van der Waals surface area contributed by atoms with Crippen LogP contribution in [0.5, 0.6) is 5.75 Å². The van der Waals surface area contributed by atoms with E-state index in [1.807, 2.05) is 32.0 Å². The van der Waals surface area contributed by atoms with Gasteiger partial charge in [-0.05, 0) is 18.1 Å². The monoisotopic (exact) mass is 320 g/mol. The van der Waals surface area contributed by atoms with Gasteiger partial charge < -0.3 is 19.7 Å². The van der Waals surface area contributed by atoms with Crippen LogP contribution in [0.15, 0.2) is 30.3 Å². The lowest BCUT2D eigenvalue weighted by Crippen LogP contribution is -2.54. The van der Waals surface area contributed by atoms with Crippen molar-refractivity contribution in [2.75, 3.05) is 32.9 Å². The third-order valence-corrected chi connectivity index (χ3v) is 3.69. The van der Waals surface area contributed by atoms with Crippen LogP contribution in [0.25, 0.3) is 0 Å². The zero-order valence-electron chi connectivity index (χ0n) is 13.7. The van der Waals surface area contributed by atoms with Crippen molar-refractivity contribution in [1.82, 2.24) is 10.2 Å². The van der Waals surface area contributed by atoms with Gasteiger partial charge in [0.1, 0.15) is 11.8 Å². The standard InChI is InChI=1S/C17H24N2O4/c1-13(2)16(17(21)19-8-10-22-11-9-19)18-15(20)12-23-14-6-4-3-5-7-14/h3-7,13,16H,8-12H2,1-2H3,(H,18,20)/t16-/m0/s1. The summed E-state index contributed by atoms with van der Waals surface area (Å²) in [5, 5.41) is 2.79. The first-order valence-electron chi connectivity index (χ1n) is 7.91. The molecular formula is C17H24N2O4. The van der Waals surface area contributed by atoms with Crippen LogP contribution in [0.1, 0.15) is 13.8 Å². The number of benzene rings is 1. The number of nitrogens with zero attached hydrogens (tertiary/aromatic N) is 1. The number of hydrogen-bond donors (Lipinski definition) is 1. The minimum Gasteiger partial charge on any atom is -0.484 e. The van der Waals surface area contributed by atoms with Crippen molar-refractivity contribution in [1.29, 1.82) is 0 Å². The van der Waals surface area contributed by atoms with Gasteiger partial charge in [0, 0.05) is 13.1 Å². The number of amides is 2. The van der Waals surface area contributed by atoms with Gasteiger partial charge in [0.15, 0.2) is 6.61 Å². The highest BCUT2D eigenvalue weighted by Crippen LogP contribution is 2.10. The summed E-state index contributed by atoms with van der Waals surface area (Å²) in [4.78, 5) is 26.4. The van der Waals surface area contributed by atoms with Crippen molar-refractivity contribution in [2.24, 2.45) is 5.92 Å². The number of carbonyl (C=O) groups excluding carboxylic acids is 2. The van der Waals surface area contributed by atoms with Crippen LogP contribution in [0, 0.1) is 5.92 Å². The van der Waals surface area contributed by atoms with Crippen molar-refractivity contribution in [3.63, 3.8) is 0 Å². The van der Waals surface area contributed by atoms with Crippen molar-refractivity contribution in [3.8, 4) is 5.75 Å². The van der Waals surface area contributed by atoms with E-state index in [1.54, 1.807) is 17.0 Å². The molecule has 1 heterocycles. The molecule has 0 saturated carbocycles. The van der Waals surface area contributed by atoms with Gasteiger partial charge in [0.05, 0.1) is 13.2 Å². The van der Waals surface area contributed by atoms with Crippen LogP contribution in [0.3, 0.4) is 0 Å². The summed E-state index contributed by atoms with van der Waals surface area (Å²) < 4.78 is 10.7. The summed E-state index contributed by atoms with van der Waals surface area (Å²) in [6.45, 7) is 5.95. The highest BCUT2D eigenvalue weighted by Gasteiger charge is 2.29. The molecule has 6 heteroatoms. The van der Waals surface area contributed by atoms with E-state index in [4.69, 9.17) is 9.47 Å². The van der Waals surface area contributed by atoms with Crippen LogP contribution >= 0.6 is 0 Å². The van der Waals surface area contributed by atoms with E-state index < -0.39 is 6.04 Å². The average molecular weight is 320 g/mol. The minimum atomic E-state index is -0.542. The normalized spacial score (nSPS) is 16.0. The van der Waals surface area contributed by atoms with Gasteiger partial charge in [-0.1, -0.05) is 32.0 Å². The highest BCUT2D eigenvalue weighted by molar-refractivity contribution is 5.88. The Kier molecular flexibility index (Phi) is 6.40. The molecule has 0 radical (unpaired) electrons. The Morgan fingerprint density at radius 1 is 1.22 bits per heavy atom. The van der Waals surface area contributed by atoms with E-state index in [-0.39, 0.29) is 24.3 Å². The molecule has 1 aliphatic heterocycles. The number of nitrogens with one attached hydrogen (secondary N) is 1. The summed E-state index contributed by atoms with van der Waals surface area (Å²) in [7, 11) is 0. The van der Waals surface area contributed by atoms with Crippen molar-refractivity contribution in [2.45, 2.75) is 19.9 Å². The number of ether oxygens (including phenoxy) is 2. The van der Waals surface area contributed by atoms with E-state index >= 15 is 0 Å². The largest absolute Gasteiger partial charge is 0.484 e. The predicted octanol–water partition coefficient (Wildman–Crippen LogP) is 1.06. The number of morpholine rings is 1. The molecule has 0 spiro atoms. The molecule has 1 aromatic carbocycles. The molecule has 1 aromatic rings. The minimum absolute atomic E-state index is 0.00557. The molecule has 1 fully saturated rings.